The van der Waals surface area contributed by atoms with Gasteiger partial charge in [-0.2, -0.15) is 174 Å². The highest BCUT2D eigenvalue weighted by Gasteiger charge is 2.97. The lowest BCUT2D eigenvalue weighted by Crippen LogP contribution is -2.75. The number of carbonyl (C=O) groups is 8. The molecule has 10 aliphatic rings. The first kappa shape index (κ1) is 85.4. The molecule has 6 aliphatic heterocycles. The van der Waals surface area contributed by atoms with Gasteiger partial charge in [0.2, 0.25) is 0 Å². The molecule has 4 aliphatic carbocycles. The van der Waals surface area contributed by atoms with Crippen molar-refractivity contribution < 1.29 is 234 Å². The van der Waals surface area contributed by atoms with Gasteiger partial charge >= 0.3 is 122 Å². The molecular formula is C44H26F32N4O21S4. The fraction of sp³-hybridized carbons (Fsp3) is 0.682. The van der Waals surface area contributed by atoms with E-state index in [0.29, 0.717) is 6.42 Å². The van der Waals surface area contributed by atoms with Crippen molar-refractivity contribution in [2.24, 2.45) is 59.2 Å². The number of carbonyl (C=O) groups excluding carboxylic acids is 8. The largest absolute Gasteiger partial charge is 0.525 e. The van der Waals surface area contributed by atoms with Crippen molar-refractivity contribution in [2.75, 3.05) is 0 Å². The fourth-order valence-electron chi connectivity index (χ4n) is 11.3. The molecule has 61 heteroatoms. The number of allylic oxidation sites excluding steroid dienone is 4. The highest BCUT2D eigenvalue weighted by atomic mass is 32.2. The number of hydroxylamine groups is 8. The molecule has 12 unspecified atom stereocenters. The minimum absolute atomic E-state index is 0.0647. The second kappa shape index (κ2) is 25.4. The number of halogens is 32. The molecule has 7 fully saturated rings. The molecule has 0 N–H and O–H groups in total. The predicted octanol–water partition coefficient (Wildman–Crippen LogP) is 7.13. The van der Waals surface area contributed by atoms with Crippen molar-refractivity contribution in [2.45, 2.75) is 119 Å². The third-order valence-electron chi connectivity index (χ3n) is 16.4. The highest BCUT2D eigenvalue weighted by Crippen LogP contribution is 2.66. The molecule has 0 aromatic heterocycles. The second-order valence-electron chi connectivity index (χ2n) is 22.6. The lowest BCUT2D eigenvalue weighted by atomic mass is 9.85. The predicted molar refractivity (Wildman–Crippen MR) is 251 cm³/mol. The standard InChI is InChI=1S/C17H8F17NO5S.C13H8F9NO5S.C9H6F3NO6S.C5H4F3NO5S/c18-10(19,12(22,23)14(26,27)16(30,31)32)11(20,21)13(24,25)15(28,29)17(33,34)41(38,39)40-35-8(36)6-4-1-2-5(3-4)7(6)9(35)37;14-10(15,12(18,19)20)11(16,17)13(21,22)29(26,27)28-23-8(24)6-4-1-2-5(3-4)7(6)9(23)25;10-9(11,12)20(16,17)19-13-7(14)5-3-1-2-4(18-3)6(5)8(13)15;6-5(7,8)15(12,13)14-9-3(10)1-2-4(9)11/h1-2,4-7H,3H2;1-2,4-7H,3H2;1-6H;1-2H2. The Kier molecular flexibility index (Phi) is 20.6. The number of nitrogens with zero attached hydrogens (tertiary/aromatic N) is 4. The highest BCUT2D eigenvalue weighted by molar-refractivity contribution is 7.88. The van der Waals surface area contributed by atoms with E-state index in [1.54, 1.807) is 0 Å². The Morgan fingerprint density at radius 2 is 0.495 bits per heavy atom. The van der Waals surface area contributed by atoms with Gasteiger partial charge in [0.15, 0.2) is 0 Å². The summed E-state index contributed by atoms with van der Waals surface area (Å²) < 4.78 is 523. The minimum atomic E-state index is -9.01. The summed E-state index contributed by atoms with van der Waals surface area (Å²) in [6.07, 6.45) is -8.58. The third kappa shape index (κ3) is 12.7. The Balaban J connectivity index is 0.000000209. The average molecular weight is 1680 g/mol. The summed E-state index contributed by atoms with van der Waals surface area (Å²) in [6, 6.07) is 0. The molecule has 105 heavy (non-hydrogen) atoms. The van der Waals surface area contributed by atoms with Gasteiger partial charge in [0.25, 0.3) is 47.3 Å². The van der Waals surface area contributed by atoms with Gasteiger partial charge in [-0.25, -0.2) is 0 Å². The first-order valence-corrected chi connectivity index (χ1v) is 32.2. The van der Waals surface area contributed by atoms with Crippen LogP contribution in [0.4, 0.5) is 140 Å². The second-order valence-corrected chi connectivity index (χ2v) is 28.8. The molecule has 596 valence electrons. The molecule has 12 atom stereocenters. The summed E-state index contributed by atoms with van der Waals surface area (Å²) in [5.41, 5.74) is -11.4. The lowest BCUT2D eigenvalue weighted by molar-refractivity contribution is -0.458. The molecule has 0 aromatic carbocycles. The molecule has 25 nitrogen and oxygen atoms in total. The van der Waals surface area contributed by atoms with Gasteiger partial charge in [0, 0.05) is 12.8 Å². The van der Waals surface area contributed by atoms with E-state index >= 15 is 0 Å². The van der Waals surface area contributed by atoms with E-state index < -0.39 is 251 Å². The number of ether oxygens (including phenoxy) is 1. The molecule has 6 heterocycles. The SMILES string of the molecule is O=C1C2C3C=CC(C3)C2C(=O)N1OS(=O)(=O)C(F)(F)C(F)(F)C(F)(F)C(F)(F)C(F)(F)C(F)(F)C(F)(F)C(F)(F)F.O=C1C2C3C=CC(C3)C2C(=O)N1OS(=O)(=O)C(F)(F)C(F)(F)C(F)(F)C(F)(F)F.O=C1C2C3C=CC(O3)C2C(=O)N1OS(=O)(=O)C(F)(F)F.O=C1CCC(=O)N1OS(=O)(=O)C(F)(F)F. The van der Waals surface area contributed by atoms with Crippen LogP contribution in [0, 0.1) is 59.2 Å². The van der Waals surface area contributed by atoms with Crippen LogP contribution in [0.2, 0.25) is 0 Å². The molecular weight excluding hydrogens is 1660 g/mol. The van der Waals surface area contributed by atoms with Crippen molar-refractivity contribution >= 4 is 87.7 Å². The average Bonchev–Trinajstić information content (AvgIpc) is 1.65. The Bertz CT molecular complexity index is 4110. The molecule has 2 saturated carbocycles. The monoisotopic (exact) mass is 1680 g/mol. The van der Waals surface area contributed by atoms with E-state index in [9.17, 15) is 213 Å². The molecule has 6 bridgehead atoms. The number of hydrogen-bond acceptors (Lipinski definition) is 21. The van der Waals surface area contributed by atoms with Gasteiger partial charge in [-0.3, -0.25) is 38.4 Å². The molecule has 0 spiro atoms. The van der Waals surface area contributed by atoms with Crippen molar-refractivity contribution in [1.29, 1.82) is 0 Å². The topological polar surface area (TPSA) is 332 Å². The van der Waals surface area contributed by atoms with Gasteiger partial charge in [-0.15, -0.1) is 37.4 Å². The molecule has 8 amide bonds. The van der Waals surface area contributed by atoms with E-state index in [1.807, 2.05) is 0 Å². The molecule has 5 saturated heterocycles. The maximum atomic E-state index is 14.2. The first-order valence-electron chi connectivity index (χ1n) is 26.6. The van der Waals surface area contributed by atoms with E-state index in [1.165, 1.54) is 36.5 Å². The zero-order chi connectivity index (χ0) is 81.5. The normalized spacial score (nSPS) is 28.4. The number of alkyl halides is 32. The summed E-state index contributed by atoms with van der Waals surface area (Å²) >= 11 is 0. The first-order chi connectivity index (χ1) is 46.5. The number of fused-ring (bicyclic) bond motifs is 15. The summed E-state index contributed by atoms with van der Waals surface area (Å²) in [4.78, 5) is 93.9. The smallest absolute Gasteiger partial charge is 0.365 e. The van der Waals surface area contributed by atoms with Gasteiger partial charge in [-0.1, -0.05) is 36.5 Å². The molecule has 0 aromatic rings. The van der Waals surface area contributed by atoms with Crippen LogP contribution in [0.25, 0.3) is 0 Å². The van der Waals surface area contributed by atoms with Crippen LogP contribution >= 0.6 is 0 Å². The number of rotatable bonds is 18. The number of imide groups is 4. The minimum Gasteiger partial charge on any atom is -0.365 e. The van der Waals surface area contributed by atoms with E-state index in [0.717, 1.165) is 0 Å². The van der Waals surface area contributed by atoms with Crippen LogP contribution in [0.1, 0.15) is 25.7 Å². The quantitative estimate of drug-likeness (QED) is 0.0570. The number of amides is 8. The summed E-state index contributed by atoms with van der Waals surface area (Å²) in [6.45, 7) is 0. The summed E-state index contributed by atoms with van der Waals surface area (Å²) in [5.74, 6) is -89.6. The fourth-order valence-corrected chi connectivity index (χ4v) is 13.9. The number of hydrogen-bond donors (Lipinski definition) is 0. The van der Waals surface area contributed by atoms with E-state index in [2.05, 4.69) is 17.1 Å². The maximum absolute atomic E-state index is 14.2. The lowest BCUT2D eigenvalue weighted by Gasteiger charge is -2.42. The summed E-state index contributed by atoms with van der Waals surface area (Å²) in [7, 11) is -27.5. The van der Waals surface area contributed by atoms with Gasteiger partial charge in [0.1, 0.15) is 0 Å². The Morgan fingerprint density at radius 3 is 0.752 bits per heavy atom. The van der Waals surface area contributed by atoms with Gasteiger partial charge < -0.3 is 4.74 Å². The van der Waals surface area contributed by atoms with Gasteiger partial charge in [0.05, 0.1) is 47.7 Å². The summed E-state index contributed by atoms with van der Waals surface area (Å²) in [5, 5.41) is -17.8. The molecule has 0 radical (unpaired) electrons. The zero-order valence-electron chi connectivity index (χ0n) is 48.3. The zero-order valence-corrected chi connectivity index (χ0v) is 51.6. The van der Waals surface area contributed by atoms with Crippen molar-refractivity contribution in [3.63, 3.8) is 0 Å². The van der Waals surface area contributed by atoms with Crippen LogP contribution in [0.3, 0.4) is 0 Å². The van der Waals surface area contributed by atoms with Crippen molar-refractivity contribution in [3.05, 3.63) is 36.5 Å². The van der Waals surface area contributed by atoms with Crippen molar-refractivity contribution in [3.8, 4) is 0 Å². The van der Waals surface area contributed by atoms with Crippen LogP contribution in [-0.4, -0.2) is 195 Å². The van der Waals surface area contributed by atoms with Crippen LogP contribution < -0.4 is 0 Å². The van der Waals surface area contributed by atoms with Crippen LogP contribution in [-0.2, 0) is 101 Å². The Morgan fingerprint density at radius 1 is 0.286 bits per heavy atom. The van der Waals surface area contributed by atoms with E-state index in [-0.39, 0.29) is 29.4 Å². The maximum Gasteiger partial charge on any atom is 0.525 e. The molecule has 10 rings (SSSR count). The van der Waals surface area contributed by atoms with Crippen LogP contribution in [0.15, 0.2) is 36.5 Å². The Hall–Kier alpha value is -6.86. The van der Waals surface area contributed by atoms with Gasteiger partial charge in [-0.05, 0) is 36.5 Å². The van der Waals surface area contributed by atoms with E-state index in [4.69, 9.17) is 4.74 Å². The van der Waals surface area contributed by atoms with Crippen molar-refractivity contribution in [1.82, 2.24) is 20.3 Å². The van der Waals surface area contributed by atoms with Crippen LogP contribution in [0.5, 0.6) is 0 Å². The third-order valence-corrected chi connectivity index (χ3v) is 20.7. The Labute approximate surface area is 556 Å².